The van der Waals surface area contributed by atoms with E-state index in [9.17, 15) is 4.79 Å². The molecule has 4 heteroatoms. The Morgan fingerprint density at radius 2 is 1.61 bits per heavy atom. The number of benzene rings is 2. The van der Waals surface area contributed by atoms with Crippen molar-refractivity contribution >= 4 is 5.91 Å². The number of amides is 1. The first-order valence-electron chi connectivity index (χ1n) is 10.4. The molecule has 0 saturated carbocycles. The number of likely N-dealkylation sites (N-methyl/N-ethyl adjacent to an activating group) is 1. The van der Waals surface area contributed by atoms with Gasteiger partial charge in [-0.15, -0.1) is 0 Å². The van der Waals surface area contributed by atoms with E-state index in [2.05, 4.69) is 79.3 Å². The molecular formula is C24H33N3O. The summed E-state index contributed by atoms with van der Waals surface area (Å²) in [5.41, 5.74) is 3.78. The summed E-state index contributed by atoms with van der Waals surface area (Å²) in [4.78, 5) is 19.8. The van der Waals surface area contributed by atoms with Crippen molar-refractivity contribution in [2.45, 2.75) is 45.4 Å². The van der Waals surface area contributed by atoms with Gasteiger partial charge in [0, 0.05) is 26.2 Å². The SMILES string of the molecule is CCN(Cc1ccc(CN(C)C)cc1)C(=O)C1CCCN1Cc1ccccc1. The van der Waals surface area contributed by atoms with Gasteiger partial charge >= 0.3 is 0 Å². The molecule has 0 N–H and O–H groups in total. The Labute approximate surface area is 169 Å². The average molecular weight is 380 g/mol. The van der Waals surface area contributed by atoms with Crippen molar-refractivity contribution in [3.05, 3.63) is 71.3 Å². The van der Waals surface area contributed by atoms with Gasteiger partial charge in [-0.2, -0.15) is 0 Å². The van der Waals surface area contributed by atoms with Crippen molar-refractivity contribution in [2.75, 3.05) is 27.2 Å². The van der Waals surface area contributed by atoms with Gasteiger partial charge in [0.15, 0.2) is 0 Å². The molecule has 150 valence electrons. The minimum atomic E-state index is 0.00757. The van der Waals surface area contributed by atoms with Crippen molar-refractivity contribution < 1.29 is 4.79 Å². The summed E-state index contributed by atoms with van der Waals surface area (Å²) in [6.45, 7) is 6.30. The second-order valence-electron chi connectivity index (χ2n) is 8.02. The molecule has 0 spiro atoms. The van der Waals surface area contributed by atoms with Crippen LogP contribution in [0.25, 0.3) is 0 Å². The first-order valence-corrected chi connectivity index (χ1v) is 10.4. The van der Waals surface area contributed by atoms with Gasteiger partial charge in [0.25, 0.3) is 0 Å². The van der Waals surface area contributed by atoms with E-state index in [4.69, 9.17) is 0 Å². The molecule has 1 aliphatic rings. The fourth-order valence-corrected chi connectivity index (χ4v) is 4.00. The van der Waals surface area contributed by atoms with Crippen LogP contribution in [0, 0.1) is 0 Å². The lowest BCUT2D eigenvalue weighted by Gasteiger charge is -2.30. The molecule has 0 aromatic heterocycles. The maximum Gasteiger partial charge on any atom is 0.240 e. The van der Waals surface area contributed by atoms with Gasteiger partial charge in [-0.05, 0) is 57.1 Å². The molecule has 2 aromatic rings. The second-order valence-corrected chi connectivity index (χ2v) is 8.02. The number of carbonyl (C=O) groups excluding carboxylic acids is 1. The van der Waals surface area contributed by atoms with E-state index in [1.807, 2.05) is 11.0 Å². The molecule has 1 unspecified atom stereocenters. The fourth-order valence-electron chi connectivity index (χ4n) is 4.00. The number of likely N-dealkylation sites (tertiary alicyclic amines) is 1. The van der Waals surface area contributed by atoms with Crippen LogP contribution in [0.3, 0.4) is 0 Å². The summed E-state index contributed by atoms with van der Waals surface area (Å²) in [7, 11) is 4.16. The van der Waals surface area contributed by atoms with E-state index in [0.29, 0.717) is 6.54 Å². The number of rotatable bonds is 8. The highest BCUT2D eigenvalue weighted by molar-refractivity contribution is 5.82. The molecule has 1 heterocycles. The molecule has 1 fully saturated rings. The second kappa shape index (κ2) is 9.85. The molecule has 0 bridgehead atoms. The van der Waals surface area contributed by atoms with Crippen LogP contribution in [0.1, 0.15) is 36.5 Å². The topological polar surface area (TPSA) is 26.8 Å². The van der Waals surface area contributed by atoms with Gasteiger partial charge < -0.3 is 9.80 Å². The standard InChI is InChI=1S/C24H33N3O/c1-4-26(18-22-14-12-21(13-15-22)17-25(2)3)24(28)23-11-8-16-27(23)19-20-9-6-5-7-10-20/h5-7,9-10,12-15,23H,4,8,11,16-19H2,1-3H3. The molecule has 1 atom stereocenters. The van der Waals surface area contributed by atoms with Crippen molar-refractivity contribution in [1.29, 1.82) is 0 Å². The lowest BCUT2D eigenvalue weighted by Crippen LogP contribution is -2.45. The fraction of sp³-hybridized carbons (Fsp3) is 0.458. The zero-order chi connectivity index (χ0) is 19.9. The molecule has 4 nitrogen and oxygen atoms in total. The van der Waals surface area contributed by atoms with Crippen LogP contribution >= 0.6 is 0 Å². The van der Waals surface area contributed by atoms with Crippen molar-refractivity contribution in [3.63, 3.8) is 0 Å². The summed E-state index contributed by atoms with van der Waals surface area (Å²) in [6, 6.07) is 19.1. The van der Waals surface area contributed by atoms with E-state index in [1.54, 1.807) is 0 Å². The van der Waals surface area contributed by atoms with E-state index in [0.717, 1.165) is 39.0 Å². The highest BCUT2D eigenvalue weighted by Gasteiger charge is 2.33. The first-order chi connectivity index (χ1) is 13.6. The Bertz CT molecular complexity index is 742. The van der Waals surface area contributed by atoms with Crippen LogP contribution in [0.4, 0.5) is 0 Å². The van der Waals surface area contributed by atoms with E-state index < -0.39 is 0 Å². The number of nitrogens with zero attached hydrogens (tertiary/aromatic N) is 3. The lowest BCUT2D eigenvalue weighted by molar-refractivity contribution is -0.136. The van der Waals surface area contributed by atoms with Gasteiger partial charge in [0.2, 0.25) is 5.91 Å². The maximum absolute atomic E-state index is 13.3. The summed E-state index contributed by atoms with van der Waals surface area (Å²) < 4.78 is 0. The van der Waals surface area contributed by atoms with E-state index in [-0.39, 0.29) is 11.9 Å². The Hall–Kier alpha value is -2.17. The van der Waals surface area contributed by atoms with Crippen molar-refractivity contribution in [2.24, 2.45) is 0 Å². The summed E-state index contributed by atoms with van der Waals surface area (Å²) in [5.74, 6) is 0.272. The molecular weight excluding hydrogens is 346 g/mol. The van der Waals surface area contributed by atoms with Crippen LogP contribution in [0.5, 0.6) is 0 Å². The zero-order valence-electron chi connectivity index (χ0n) is 17.5. The Balaban J connectivity index is 1.63. The largest absolute Gasteiger partial charge is 0.337 e. The third-order valence-electron chi connectivity index (χ3n) is 5.47. The Kier molecular flexibility index (Phi) is 7.24. The summed E-state index contributed by atoms with van der Waals surface area (Å²) >= 11 is 0. The lowest BCUT2D eigenvalue weighted by atomic mass is 10.1. The van der Waals surface area contributed by atoms with E-state index >= 15 is 0 Å². The minimum Gasteiger partial charge on any atom is -0.337 e. The molecule has 2 aromatic carbocycles. The predicted molar refractivity (Wildman–Crippen MR) is 115 cm³/mol. The Morgan fingerprint density at radius 1 is 0.964 bits per heavy atom. The van der Waals surface area contributed by atoms with Crippen molar-refractivity contribution in [1.82, 2.24) is 14.7 Å². The monoisotopic (exact) mass is 379 g/mol. The number of hydrogen-bond donors (Lipinski definition) is 0. The highest BCUT2D eigenvalue weighted by Crippen LogP contribution is 2.23. The smallest absolute Gasteiger partial charge is 0.240 e. The molecule has 28 heavy (non-hydrogen) atoms. The van der Waals surface area contributed by atoms with Crippen LogP contribution in [0.2, 0.25) is 0 Å². The van der Waals surface area contributed by atoms with Crippen molar-refractivity contribution in [3.8, 4) is 0 Å². The quantitative estimate of drug-likeness (QED) is 0.699. The Morgan fingerprint density at radius 3 is 2.21 bits per heavy atom. The van der Waals surface area contributed by atoms with Gasteiger partial charge in [-0.25, -0.2) is 0 Å². The van der Waals surface area contributed by atoms with Crippen LogP contribution in [-0.4, -0.2) is 53.8 Å². The number of hydrogen-bond acceptors (Lipinski definition) is 3. The summed E-state index contributed by atoms with van der Waals surface area (Å²) in [6.07, 6.45) is 2.06. The van der Waals surface area contributed by atoms with Crippen LogP contribution < -0.4 is 0 Å². The number of carbonyl (C=O) groups is 1. The molecule has 0 radical (unpaired) electrons. The van der Waals surface area contributed by atoms with Gasteiger partial charge in [0.05, 0.1) is 6.04 Å². The normalized spacial score (nSPS) is 17.2. The first kappa shape index (κ1) is 20.6. The zero-order valence-corrected chi connectivity index (χ0v) is 17.5. The van der Waals surface area contributed by atoms with Gasteiger partial charge in [0.1, 0.15) is 0 Å². The molecule has 0 aliphatic carbocycles. The molecule has 3 rings (SSSR count). The summed E-state index contributed by atoms with van der Waals surface area (Å²) in [5, 5.41) is 0. The molecule has 1 aliphatic heterocycles. The van der Waals surface area contributed by atoms with Crippen LogP contribution in [-0.2, 0) is 24.4 Å². The van der Waals surface area contributed by atoms with E-state index in [1.165, 1.54) is 16.7 Å². The molecule has 1 saturated heterocycles. The third kappa shape index (κ3) is 5.43. The van der Waals surface area contributed by atoms with Gasteiger partial charge in [-0.1, -0.05) is 54.6 Å². The highest BCUT2D eigenvalue weighted by atomic mass is 16.2. The predicted octanol–water partition coefficient (Wildman–Crippen LogP) is 3.76. The average Bonchev–Trinajstić information content (AvgIpc) is 3.15. The maximum atomic E-state index is 13.3. The van der Waals surface area contributed by atoms with Gasteiger partial charge in [-0.3, -0.25) is 9.69 Å². The minimum absolute atomic E-state index is 0.00757. The van der Waals surface area contributed by atoms with Crippen LogP contribution in [0.15, 0.2) is 54.6 Å². The molecule has 1 amide bonds. The third-order valence-corrected chi connectivity index (χ3v) is 5.47.